The molecule has 2 rings (SSSR count). The first-order chi connectivity index (χ1) is 9.22. The van der Waals surface area contributed by atoms with Crippen molar-refractivity contribution in [3.05, 3.63) is 45.4 Å². The highest BCUT2D eigenvalue weighted by molar-refractivity contribution is 7.12. The number of aromatic nitrogens is 1. The zero-order chi connectivity index (χ0) is 13.7. The third-order valence-electron chi connectivity index (χ3n) is 2.71. The molecule has 3 nitrogen and oxygen atoms in total. The van der Waals surface area contributed by atoms with E-state index in [-0.39, 0.29) is 0 Å². The molecule has 0 bridgehead atoms. The Labute approximate surface area is 117 Å². The molecule has 0 aliphatic carbocycles. The van der Waals surface area contributed by atoms with E-state index in [4.69, 9.17) is 10.00 Å². The smallest absolute Gasteiger partial charge is 0.140 e. The van der Waals surface area contributed by atoms with Gasteiger partial charge in [-0.1, -0.05) is 31.0 Å². The first-order valence-electron chi connectivity index (χ1n) is 6.31. The van der Waals surface area contributed by atoms with Gasteiger partial charge in [0, 0.05) is 0 Å². The molecule has 0 unspecified atom stereocenters. The van der Waals surface area contributed by atoms with Crippen molar-refractivity contribution in [3.63, 3.8) is 0 Å². The van der Waals surface area contributed by atoms with Crippen LogP contribution in [0, 0.1) is 18.3 Å². The Kier molecular flexibility index (Phi) is 4.53. The van der Waals surface area contributed by atoms with Crippen LogP contribution in [0.5, 0.6) is 5.75 Å². The number of ether oxygens (including phenoxy) is 1. The highest BCUT2D eigenvalue weighted by Crippen LogP contribution is 2.21. The number of rotatable bonds is 5. The molecule has 2 aromatic rings. The van der Waals surface area contributed by atoms with Crippen LogP contribution in [0.1, 0.15) is 34.5 Å². The number of benzene rings is 1. The predicted octanol–water partition coefficient (Wildman–Crippen LogP) is 3.85. The van der Waals surface area contributed by atoms with Gasteiger partial charge < -0.3 is 4.74 Å². The van der Waals surface area contributed by atoms with E-state index in [0.29, 0.717) is 11.5 Å². The van der Waals surface area contributed by atoms with E-state index in [1.165, 1.54) is 16.9 Å². The molecule has 0 fully saturated rings. The van der Waals surface area contributed by atoms with Gasteiger partial charge in [0.1, 0.15) is 28.3 Å². The van der Waals surface area contributed by atoms with Gasteiger partial charge in [-0.25, -0.2) is 4.98 Å². The molecular formula is C15H16N2OS. The van der Waals surface area contributed by atoms with E-state index in [0.717, 1.165) is 29.3 Å². The lowest BCUT2D eigenvalue weighted by Crippen LogP contribution is -1.95. The normalized spacial score (nSPS) is 10.2. The van der Waals surface area contributed by atoms with Gasteiger partial charge >= 0.3 is 0 Å². The number of hydrogen-bond acceptors (Lipinski definition) is 4. The Balaban J connectivity index is 2.03. The monoisotopic (exact) mass is 272 g/mol. The van der Waals surface area contributed by atoms with Crippen molar-refractivity contribution in [3.8, 4) is 11.8 Å². The molecule has 1 aromatic carbocycles. The molecule has 0 saturated carbocycles. The van der Waals surface area contributed by atoms with Crippen LogP contribution in [0.25, 0.3) is 0 Å². The van der Waals surface area contributed by atoms with E-state index in [1.807, 2.05) is 31.2 Å². The van der Waals surface area contributed by atoms with Crippen LogP contribution in [0.2, 0.25) is 0 Å². The summed E-state index contributed by atoms with van der Waals surface area (Å²) in [5, 5.41) is 9.92. The summed E-state index contributed by atoms with van der Waals surface area (Å²) in [6.07, 6.45) is 1.85. The summed E-state index contributed by atoms with van der Waals surface area (Å²) in [6, 6.07) is 10.1. The standard InChI is InChI=1S/C15H16N2OS/c1-3-4-13-14(9-16)19-15(17-13)10-18-12-7-5-11(2)6-8-12/h5-8H,3-4,10H2,1-2H3. The van der Waals surface area contributed by atoms with E-state index in [9.17, 15) is 0 Å². The van der Waals surface area contributed by atoms with Crippen LogP contribution in [-0.4, -0.2) is 4.98 Å². The Bertz CT molecular complexity index is 581. The molecule has 19 heavy (non-hydrogen) atoms. The average molecular weight is 272 g/mol. The van der Waals surface area contributed by atoms with Gasteiger partial charge in [0.2, 0.25) is 0 Å². The number of thiazole rings is 1. The lowest BCUT2D eigenvalue weighted by Gasteiger charge is -2.03. The summed E-state index contributed by atoms with van der Waals surface area (Å²) in [4.78, 5) is 5.19. The highest BCUT2D eigenvalue weighted by Gasteiger charge is 2.10. The summed E-state index contributed by atoms with van der Waals surface area (Å²) >= 11 is 1.42. The van der Waals surface area contributed by atoms with E-state index in [1.54, 1.807) is 0 Å². The van der Waals surface area contributed by atoms with Gasteiger partial charge in [0.05, 0.1) is 5.69 Å². The summed E-state index contributed by atoms with van der Waals surface area (Å²) in [6.45, 7) is 4.55. The molecule has 0 aliphatic rings. The van der Waals surface area contributed by atoms with Crippen LogP contribution in [0.15, 0.2) is 24.3 Å². The van der Waals surface area contributed by atoms with Crippen LogP contribution < -0.4 is 4.74 Å². The van der Waals surface area contributed by atoms with E-state index < -0.39 is 0 Å². The average Bonchev–Trinajstić information content (AvgIpc) is 2.81. The van der Waals surface area contributed by atoms with Crippen LogP contribution in [0.3, 0.4) is 0 Å². The number of nitrogens with zero attached hydrogens (tertiary/aromatic N) is 2. The lowest BCUT2D eigenvalue weighted by molar-refractivity contribution is 0.305. The number of nitriles is 1. The maximum absolute atomic E-state index is 9.05. The minimum atomic E-state index is 0.423. The summed E-state index contributed by atoms with van der Waals surface area (Å²) in [5.41, 5.74) is 2.11. The minimum Gasteiger partial charge on any atom is -0.486 e. The second-order valence-electron chi connectivity index (χ2n) is 4.35. The van der Waals surface area contributed by atoms with Gasteiger partial charge in [-0.2, -0.15) is 5.26 Å². The van der Waals surface area contributed by atoms with Gasteiger partial charge in [-0.3, -0.25) is 0 Å². The summed E-state index contributed by atoms with van der Waals surface area (Å²) in [7, 11) is 0. The molecule has 0 radical (unpaired) electrons. The topological polar surface area (TPSA) is 45.9 Å². The predicted molar refractivity (Wildman–Crippen MR) is 76.3 cm³/mol. The number of hydrogen-bond donors (Lipinski definition) is 0. The Morgan fingerprint density at radius 3 is 2.68 bits per heavy atom. The zero-order valence-electron chi connectivity index (χ0n) is 11.1. The van der Waals surface area contributed by atoms with Crippen molar-refractivity contribution in [1.29, 1.82) is 5.26 Å². The molecule has 0 N–H and O–H groups in total. The molecule has 1 aromatic heterocycles. The molecule has 0 amide bonds. The molecular weight excluding hydrogens is 256 g/mol. The van der Waals surface area contributed by atoms with E-state index in [2.05, 4.69) is 18.0 Å². The van der Waals surface area contributed by atoms with Crippen molar-refractivity contribution in [2.45, 2.75) is 33.3 Å². The zero-order valence-corrected chi connectivity index (χ0v) is 12.0. The van der Waals surface area contributed by atoms with Gasteiger partial charge in [0.15, 0.2) is 0 Å². The first-order valence-corrected chi connectivity index (χ1v) is 7.12. The van der Waals surface area contributed by atoms with Gasteiger partial charge in [-0.15, -0.1) is 11.3 Å². The Morgan fingerprint density at radius 2 is 2.05 bits per heavy atom. The van der Waals surface area contributed by atoms with Crippen LogP contribution in [0.4, 0.5) is 0 Å². The SMILES string of the molecule is CCCc1nc(COc2ccc(C)cc2)sc1C#N. The fourth-order valence-electron chi connectivity index (χ4n) is 1.74. The summed E-state index contributed by atoms with van der Waals surface area (Å²) in [5.74, 6) is 0.830. The third kappa shape index (κ3) is 3.55. The molecule has 0 aliphatic heterocycles. The fourth-order valence-corrected chi connectivity index (χ4v) is 2.56. The lowest BCUT2D eigenvalue weighted by atomic mass is 10.2. The second kappa shape index (κ2) is 6.35. The van der Waals surface area contributed by atoms with Crippen molar-refractivity contribution in [2.75, 3.05) is 0 Å². The third-order valence-corrected chi connectivity index (χ3v) is 3.69. The van der Waals surface area contributed by atoms with Crippen molar-refractivity contribution in [1.82, 2.24) is 4.98 Å². The quantitative estimate of drug-likeness (QED) is 0.830. The first kappa shape index (κ1) is 13.6. The van der Waals surface area contributed by atoms with E-state index >= 15 is 0 Å². The number of aryl methyl sites for hydroxylation is 2. The summed E-state index contributed by atoms with van der Waals surface area (Å²) < 4.78 is 5.68. The maximum atomic E-state index is 9.05. The molecule has 0 atom stereocenters. The maximum Gasteiger partial charge on any atom is 0.140 e. The largest absolute Gasteiger partial charge is 0.486 e. The van der Waals surface area contributed by atoms with Crippen molar-refractivity contribution < 1.29 is 4.74 Å². The highest BCUT2D eigenvalue weighted by atomic mass is 32.1. The molecule has 98 valence electrons. The minimum absolute atomic E-state index is 0.423. The molecule has 0 saturated heterocycles. The van der Waals surface area contributed by atoms with Gasteiger partial charge in [0.25, 0.3) is 0 Å². The Morgan fingerprint density at radius 1 is 1.32 bits per heavy atom. The molecule has 0 spiro atoms. The van der Waals surface area contributed by atoms with Crippen molar-refractivity contribution >= 4 is 11.3 Å². The molecule has 1 heterocycles. The van der Waals surface area contributed by atoms with Gasteiger partial charge in [-0.05, 0) is 25.5 Å². The second-order valence-corrected chi connectivity index (χ2v) is 5.43. The fraction of sp³-hybridized carbons (Fsp3) is 0.333. The molecule has 4 heteroatoms. The Hall–Kier alpha value is -1.86. The van der Waals surface area contributed by atoms with Crippen LogP contribution in [-0.2, 0) is 13.0 Å². The van der Waals surface area contributed by atoms with Crippen LogP contribution >= 0.6 is 11.3 Å². The van der Waals surface area contributed by atoms with Crippen molar-refractivity contribution in [2.24, 2.45) is 0 Å².